The molecule has 0 spiro atoms. The largest absolute Gasteiger partial charge is 0.508 e. The SMILES string of the molecule is CC[C@H](C)[C@H](N)C(=O)N[C@@H](C)C(=O)N[C@@H](Cc1ccc(O)cc1)C(=O)N[C@@H](CCCCN)C(=O)N1CCC[C@H]1C(=O)O. The maximum atomic E-state index is 13.6. The summed E-state index contributed by atoms with van der Waals surface area (Å²) in [7, 11) is 0. The van der Waals surface area contributed by atoms with E-state index in [1.807, 2.05) is 13.8 Å². The normalized spacial score (nSPS) is 18.3. The molecule has 0 bridgehead atoms. The average Bonchev–Trinajstić information content (AvgIpc) is 3.46. The fourth-order valence-electron chi connectivity index (χ4n) is 4.77. The number of carbonyl (C=O) groups is 5. The highest BCUT2D eigenvalue weighted by atomic mass is 16.4. The Balaban J connectivity index is 2.25. The Morgan fingerprint density at radius 1 is 0.976 bits per heavy atom. The number of benzene rings is 1. The molecule has 1 aromatic rings. The molecule has 0 aromatic heterocycles. The van der Waals surface area contributed by atoms with Crippen molar-refractivity contribution in [2.45, 2.75) is 95.9 Å². The molecule has 1 saturated heterocycles. The third kappa shape index (κ3) is 9.98. The molecule has 0 aliphatic carbocycles. The summed E-state index contributed by atoms with van der Waals surface area (Å²) in [6.45, 7) is 5.87. The number of hydrogen-bond donors (Lipinski definition) is 7. The highest BCUT2D eigenvalue weighted by molar-refractivity contribution is 5.95. The van der Waals surface area contributed by atoms with Crippen molar-refractivity contribution in [2.75, 3.05) is 13.1 Å². The summed E-state index contributed by atoms with van der Waals surface area (Å²) in [5, 5.41) is 27.2. The Morgan fingerprint density at radius 3 is 2.21 bits per heavy atom. The average molecular weight is 591 g/mol. The number of carbonyl (C=O) groups excluding carboxylic acids is 4. The second kappa shape index (κ2) is 16.7. The number of carboxylic acid groups (broad SMARTS) is 1. The zero-order valence-corrected chi connectivity index (χ0v) is 24.7. The van der Waals surface area contributed by atoms with Crippen LogP contribution in [0.1, 0.15) is 64.9 Å². The van der Waals surface area contributed by atoms with Crippen molar-refractivity contribution in [3.63, 3.8) is 0 Å². The van der Waals surface area contributed by atoms with E-state index >= 15 is 0 Å². The molecule has 234 valence electrons. The molecule has 6 atom stereocenters. The van der Waals surface area contributed by atoms with Gasteiger partial charge in [0.2, 0.25) is 23.6 Å². The predicted molar refractivity (Wildman–Crippen MR) is 156 cm³/mol. The van der Waals surface area contributed by atoms with Crippen LogP contribution in [0.25, 0.3) is 0 Å². The van der Waals surface area contributed by atoms with Crippen molar-refractivity contribution in [1.82, 2.24) is 20.9 Å². The van der Waals surface area contributed by atoms with Crippen molar-refractivity contribution in [3.05, 3.63) is 29.8 Å². The van der Waals surface area contributed by atoms with E-state index in [9.17, 15) is 34.2 Å². The molecule has 1 aliphatic rings. The van der Waals surface area contributed by atoms with Crippen LogP contribution < -0.4 is 27.4 Å². The lowest BCUT2D eigenvalue weighted by atomic mass is 9.99. The number of amides is 4. The third-order valence-corrected chi connectivity index (χ3v) is 7.70. The van der Waals surface area contributed by atoms with Gasteiger partial charge < -0.3 is 42.5 Å². The highest BCUT2D eigenvalue weighted by Crippen LogP contribution is 2.20. The Bertz CT molecular complexity index is 1080. The molecule has 4 amide bonds. The second-order valence-electron chi connectivity index (χ2n) is 10.9. The summed E-state index contributed by atoms with van der Waals surface area (Å²) >= 11 is 0. The van der Waals surface area contributed by atoms with Crippen LogP contribution in [0.3, 0.4) is 0 Å². The minimum absolute atomic E-state index is 0.0239. The number of aliphatic carboxylic acids is 1. The predicted octanol–water partition coefficient (Wildman–Crippen LogP) is -0.0130. The van der Waals surface area contributed by atoms with Crippen molar-refractivity contribution in [3.8, 4) is 5.75 Å². The van der Waals surface area contributed by atoms with Gasteiger partial charge in [-0.3, -0.25) is 19.2 Å². The van der Waals surface area contributed by atoms with Gasteiger partial charge in [0.25, 0.3) is 0 Å². The van der Waals surface area contributed by atoms with Gasteiger partial charge in [-0.2, -0.15) is 0 Å². The van der Waals surface area contributed by atoms with Crippen LogP contribution in [-0.2, 0) is 30.4 Å². The van der Waals surface area contributed by atoms with E-state index in [0.29, 0.717) is 44.2 Å². The number of phenolic OH excluding ortho intramolecular Hbond substituents is 1. The fourth-order valence-corrected chi connectivity index (χ4v) is 4.77. The molecular formula is C29H46N6O7. The summed E-state index contributed by atoms with van der Waals surface area (Å²) in [6, 6.07) is 1.15. The lowest BCUT2D eigenvalue weighted by Gasteiger charge is -2.29. The number of nitrogens with one attached hydrogen (secondary N) is 3. The molecule has 1 aromatic carbocycles. The molecule has 13 nitrogen and oxygen atoms in total. The minimum atomic E-state index is -1.15. The maximum Gasteiger partial charge on any atom is 0.326 e. The van der Waals surface area contributed by atoms with Gasteiger partial charge in [-0.05, 0) is 69.2 Å². The van der Waals surface area contributed by atoms with Crippen molar-refractivity contribution in [2.24, 2.45) is 17.4 Å². The first-order valence-electron chi connectivity index (χ1n) is 14.6. The van der Waals surface area contributed by atoms with E-state index in [2.05, 4.69) is 16.0 Å². The van der Waals surface area contributed by atoms with Crippen molar-refractivity contribution >= 4 is 29.6 Å². The molecule has 42 heavy (non-hydrogen) atoms. The van der Waals surface area contributed by atoms with Crippen LogP contribution in [0.4, 0.5) is 0 Å². The smallest absolute Gasteiger partial charge is 0.326 e. The van der Waals surface area contributed by atoms with Gasteiger partial charge in [0, 0.05) is 13.0 Å². The standard InChI is InChI=1S/C29H46N6O7/c1-4-17(2)24(31)27(39)32-18(3)25(37)34-22(16-19-10-12-20(36)13-11-19)26(38)33-21(8-5-6-14-30)28(40)35-15-7-9-23(35)29(41)42/h10-13,17-18,21-24,36H,4-9,14-16,30-31H2,1-3H3,(H,32,39)(H,33,38)(H,34,37)(H,41,42)/t17-,18-,21-,22-,23-,24-/m0/s1. The number of rotatable bonds is 16. The van der Waals surface area contributed by atoms with E-state index < -0.39 is 59.8 Å². The number of likely N-dealkylation sites (tertiary alicyclic amines) is 1. The van der Waals surface area contributed by atoms with Gasteiger partial charge >= 0.3 is 5.97 Å². The van der Waals surface area contributed by atoms with E-state index in [0.717, 1.165) is 0 Å². The van der Waals surface area contributed by atoms with Crippen LogP contribution in [0.5, 0.6) is 5.75 Å². The third-order valence-electron chi connectivity index (χ3n) is 7.70. The number of nitrogens with zero attached hydrogens (tertiary/aromatic N) is 1. The van der Waals surface area contributed by atoms with Gasteiger partial charge in [-0.1, -0.05) is 32.4 Å². The van der Waals surface area contributed by atoms with E-state index in [4.69, 9.17) is 11.5 Å². The molecule has 13 heteroatoms. The first-order valence-corrected chi connectivity index (χ1v) is 14.6. The summed E-state index contributed by atoms with van der Waals surface area (Å²) < 4.78 is 0. The lowest BCUT2D eigenvalue weighted by Crippen LogP contribution is -2.58. The Morgan fingerprint density at radius 2 is 1.62 bits per heavy atom. The molecular weight excluding hydrogens is 544 g/mol. The highest BCUT2D eigenvalue weighted by Gasteiger charge is 2.38. The second-order valence-corrected chi connectivity index (χ2v) is 10.9. The summed E-state index contributed by atoms with van der Waals surface area (Å²) in [5.74, 6) is -3.44. The van der Waals surface area contributed by atoms with Gasteiger partial charge in [0.05, 0.1) is 6.04 Å². The van der Waals surface area contributed by atoms with Crippen LogP contribution in [0.15, 0.2) is 24.3 Å². The molecule has 1 heterocycles. The zero-order chi connectivity index (χ0) is 31.4. The van der Waals surface area contributed by atoms with Crippen molar-refractivity contribution in [1.29, 1.82) is 0 Å². The Kier molecular flexibility index (Phi) is 13.7. The number of hydrogen-bond acceptors (Lipinski definition) is 8. The zero-order valence-electron chi connectivity index (χ0n) is 24.7. The first kappa shape index (κ1) is 34.5. The number of unbranched alkanes of at least 4 members (excludes halogenated alkanes) is 1. The number of nitrogens with two attached hydrogens (primary N) is 2. The molecule has 0 radical (unpaired) electrons. The number of aromatic hydroxyl groups is 1. The molecule has 0 saturated carbocycles. The summed E-state index contributed by atoms with van der Waals surface area (Å²) in [5.41, 5.74) is 12.2. The number of phenols is 1. The summed E-state index contributed by atoms with van der Waals surface area (Å²) in [6.07, 6.45) is 2.93. The monoisotopic (exact) mass is 590 g/mol. The Hall–Kier alpha value is -3.71. The van der Waals surface area contributed by atoms with E-state index in [1.165, 1.54) is 24.0 Å². The van der Waals surface area contributed by atoms with Crippen LogP contribution >= 0.6 is 0 Å². The maximum absolute atomic E-state index is 13.6. The minimum Gasteiger partial charge on any atom is -0.508 e. The van der Waals surface area contributed by atoms with Gasteiger partial charge in [0.15, 0.2) is 0 Å². The molecule has 0 unspecified atom stereocenters. The van der Waals surface area contributed by atoms with Crippen molar-refractivity contribution < 1.29 is 34.2 Å². The van der Waals surface area contributed by atoms with Gasteiger partial charge in [-0.25, -0.2) is 4.79 Å². The van der Waals surface area contributed by atoms with Crippen LogP contribution in [0, 0.1) is 5.92 Å². The quantitative estimate of drug-likeness (QED) is 0.129. The van der Waals surface area contributed by atoms with E-state index in [1.54, 1.807) is 12.1 Å². The summed E-state index contributed by atoms with van der Waals surface area (Å²) in [4.78, 5) is 65.7. The van der Waals surface area contributed by atoms with Crippen LogP contribution in [-0.4, -0.2) is 88.0 Å². The van der Waals surface area contributed by atoms with Gasteiger partial charge in [0.1, 0.15) is 29.9 Å². The topological polar surface area (TPSA) is 217 Å². The van der Waals surface area contributed by atoms with E-state index in [-0.39, 0.29) is 31.1 Å². The fraction of sp³-hybridized carbons (Fsp3) is 0.621. The lowest BCUT2D eigenvalue weighted by molar-refractivity contribution is -0.149. The molecule has 9 N–H and O–H groups in total. The first-order chi connectivity index (χ1) is 19.9. The molecule has 2 rings (SSSR count). The Labute approximate surface area is 246 Å². The number of carboxylic acids is 1. The van der Waals surface area contributed by atoms with Crippen LogP contribution in [0.2, 0.25) is 0 Å². The molecule has 1 fully saturated rings. The van der Waals surface area contributed by atoms with Gasteiger partial charge in [-0.15, -0.1) is 0 Å². The molecule has 1 aliphatic heterocycles.